The molecule has 2 aromatic rings. The third kappa shape index (κ3) is 7.45. The van der Waals surface area contributed by atoms with Gasteiger partial charge in [0.2, 0.25) is 0 Å². The molecule has 4 heteroatoms. The Labute approximate surface area is 175 Å². The average molecular weight is 397 g/mol. The lowest BCUT2D eigenvalue weighted by Gasteiger charge is -2.24. The summed E-state index contributed by atoms with van der Waals surface area (Å²) in [5, 5.41) is 11.5. The van der Waals surface area contributed by atoms with Crippen LogP contribution in [0.25, 0.3) is 10.8 Å². The fraction of sp³-hybridized carbons (Fsp3) is 0.560. The van der Waals surface area contributed by atoms with Gasteiger partial charge in [-0.1, -0.05) is 48.9 Å². The molecule has 0 amide bonds. The second-order valence-electron chi connectivity index (χ2n) is 8.34. The number of unbranched alkanes of at least 4 members (excludes halogenated alkanes) is 2. The Balaban J connectivity index is 1.50. The molecule has 1 aliphatic rings. The van der Waals surface area contributed by atoms with Gasteiger partial charge < -0.3 is 14.9 Å². The Hall–Kier alpha value is -1.91. The summed E-state index contributed by atoms with van der Waals surface area (Å²) in [5.41, 5.74) is 1.43. The lowest BCUT2D eigenvalue weighted by atomic mass is 10.0. The first kappa shape index (κ1) is 21.8. The van der Waals surface area contributed by atoms with E-state index in [4.69, 9.17) is 5.11 Å². The molecule has 0 aromatic heterocycles. The molecular formula is C25H36N2O2. The highest BCUT2D eigenvalue weighted by molar-refractivity contribution is 5.85. The van der Waals surface area contributed by atoms with E-state index in [-0.39, 0.29) is 0 Å². The molecule has 1 heterocycles. The Bertz CT molecular complexity index is 750. The number of rotatable bonds is 13. The van der Waals surface area contributed by atoms with Crippen LogP contribution in [0.4, 0.5) is 0 Å². The lowest BCUT2D eigenvalue weighted by molar-refractivity contribution is -0.137. The second kappa shape index (κ2) is 11.9. The molecule has 1 fully saturated rings. The molecule has 0 radical (unpaired) electrons. The van der Waals surface area contributed by atoms with E-state index in [2.05, 4.69) is 52.3 Å². The molecular weight excluding hydrogens is 360 g/mol. The highest BCUT2D eigenvalue weighted by atomic mass is 16.4. The van der Waals surface area contributed by atoms with Crippen molar-refractivity contribution in [3.63, 3.8) is 0 Å². The molecule has 1 N–H and O–H groups in total. The first-order chi connectivity index (χ1) is 14.2. The molecule has 2 aromatic carbocycles. The number of fused-ring (bicyclic) bond motifs is 1. The number of nitrogens with zero attached hydrogens (tertiary/aromatic N) is 2. The Kier molecular flexibility index (Phi) is 8.97. The number of carboxylic acids is 1. The molecule has 4 nitrogen and oxygen atoms in total. The molecule has 0 saturated carbocycles. The van der Waals surface area contributed by atoms with E-state index in [1.807, 2.05) is 0 Å². The van der Waals surface area contributed by atoms with Crippen LogP contribution in [-0.4, -0.2) is 60.1 Å². The van der Waals surface area contributed by atoms with Crippen molar-refractivity contribution in [3.8, 4) is 0 Å². The zero-order chi connectivity index (χ0) is 20.3. The van der Waals surface area contributed by atoms with Gasteiger partial charge >= 0.3 is 5.97 Å². The molecule has 0 unspecified atom stereocenters. The van der Waals surface area contributed by atoms with E-state index in [0.29, 0.717) is 6.42 Å². The van der Waals surface area contributed by atoms with Gasteiger partial charge in [-0.15, -0.1) is 0 Å². The summed E-state index contributed by atoms with van der Waals surface area (Å²) < 4.78 is 0. The zero-order valence-corrected chi connectivity index (χ0v) is 17.7. The van der Waals surface area contributed by atoms with Crippen molar-refractivity contribution < 1.29 is 9.90 Å². The number of likely N-dealkylation sites (tertiary alicyclic amines) is 1. The van der Waals surface area contributed by atoms with Crippen LogP contribution in [0.3, 0.4) is 0 Å². The van der Waals surface area contributed by atoms with Gasteiger partial charge in [-0.3, -0.25) is 4.79 Å². The van der Waals surface area contributed by atoms with E-state index >= 15 is 0 Å². The lowest BCUT2D eigenvalue weighted by Crippen LogP contribution is -2.31. The van der Waals surface area contributed by atoms with Crippen LogP contribution in [0.5, 0.6) is 0 Å². The third-order valence-corrected chi connectivity index (χ3v) is 6.09. The normalized spacial score (nSPS) is 14.8. The summed E-state index contributed by atoms with van der Waals surface area (Å²) in [6.07, 6.45) is 8.19. The van der Waals surface area contributed by atoms with Crippen molar-refractivity contribution in [1.82, 2.24) is 9.80 Å². The smallest absolute Gasteiger partial charge is 0.303 e. The van der Waals surface area contributed by atoms with E-state index in [1.54, 1.807) is 0 Å². The van der Waals surface area contributed by atoms with E-state index in [0.717, 1.165) is 45.3 Å². The fourth-order valence-corrected chi connectivity index (χ4v) is 4.44. The van der Waals surface area contributed by atoms with Crippen LogP contribution in [-0.2, 0) is 11.2 Å². The fourth-order valence-electron chi connectivity index (χ4n) is 4.44. The largest absolute Gasteiger partial charge is 0.481 e. The maximum atomic E-state index is 10.7. The number of carbonyl (C=O) groups is 1. The Morgan fingerprint density at radius 1 is 0.897 bits per heavy atom. The maximum absolute atomic E-state index is 10.7. The molecule has 0 aliphatic carbocycles. The predicted octanol–water partition coefficient (Wildman–Crippen LogP) is 4.82. The van der Waals surface area contributed by atoms with Gasteiger partial charge in [-0.05, 0) is 87.6 Å². The van der Waals surface area contributed by atoms with Crippen molar-refractivity contribution in [2.45, 2.75) is 51.4 Å². The van der Waals surface area contributed by atoms with Crippen LogP contribution in [0.1, 0.15) is 50.5 Å². The zero-order valence-electron chi connectivity index (χ0n) is 17.7. The molecule has 1 aliphatic heterocycles. The minimum absolute atomic E-state index is 0.297. The summed E-state index contributed by atoms with van der Waals surface area (Å²) >= 11 is 0. The molecule has 0 atom stereocenters. The van der Waals surface area contributed by atoms with Gasteiger partial charge in [0, 0.05) is 13.0 Å². The Morgan fingerprint density at radius 3 is 2.48 bits per heavy atom. The SMILES string of the molecule is O=C(O)CCCCCN(CCCN1CCCC1)CCc1cccc2ccccc12. The molecule has 3 rings (SSSR count). The predicted molar refractivity (Wildman–Crippen MR) is 120 cm³/mol. The number of benzene rings is 2. The van der Waals surface area contributed by atoms with E-state index in [9.17, 15) is 4.79 Å². The topological polar surface area (TPSA) is 43.8 Å². The third-order valence-electron chi connectivity index (χ3n) is 6.09. The van der Waals surface area contributed by atoms with Gasteiger partial charge in [-0.25, -0.2) is 0 Å². The Morgan fingerprint density at radius 2 is 1.66 bits per heavy atom. The molecule has 1 saturated heterocycles. The highest BCUT2D eigenvalue weighted by Gasteiger charge is 2.12. The van der Waals surface area contributed by atoms with Crippen molar-refractivity contribution in [2.75, 3.05) is 39.3 Å². The minimum atomic E-state index is -0.677. The van der Waals surface area contributed by atoms with E-state index in [1.165, 1.54) is 55.2 Å². The van der Waals surface area contributed by atoms with Crippen molar-refractivity contribution in [1.29, 1.82) is 0 Å². The quantitative estimate of drug-likeness (QED) is 0.493. The summed E-state index contributed by atoms with van der Waals surface area (Å²) in [5.74, 6) is -0.677. The van der Waals surface area contributed by atoms with Crippen LogP contribution in [0.15, 0.2) is 42.5 Å². The van der Waals surface area contributed by atoms with Crippen molar-refractivity contribution in [2.24, 2.45) is 0 Å². The summed E-state index contributed by atoms with van der Waals surface area (Å²) in [6, 6.07) is 15.3. The average Bonchev–Trinajstić information content (AvgIpc) is 3.24. The number of hydrogen-bond acceptors (Lipinski definition) is 3. The monoisotopic (exact) mass is 396 g/mol. The van der Waals surface area contributed by atoms with Gasteiger partial charge in [0.1, 0.15) is 0 Å². The molecule has 0 bridgehead atoms. The first-order valence-electron chi connectivity index (χ1n) is 11.4. The maximum Gasteiger partial charge on any atom is 0.303 e. The van der Waals surface area contributed by atoms with Gasteiger partial charge in [-0.2, -0.15) is 0 Å². The van der Waals surface area contributed by atoms with Crippen LogP contribution >= 0.6 is 0 Å². The second-order valence-corrected chi connectivity index (χ2v) is 8.34. The highest BCUT2D eigenvalue weighted by Crippen LogP contribution is 2.19. The van der Waals surface area contributed by atoms with Crippen molar-refractivity contribution in [3.05, 3.63) is 48.0 Å². The summed E-state index contributed by atoms with van der Waals surface area (Å²) in [7, 11) is 0. The standard InChI is InChI=1S/C25H36N2O2/c28-25(29)14-2-1-5-16-27(20-9-19-26-17-6-7-18-26)21-15-23-12-8-11-22-10-3-4-13-24(22)23/h3-4,8,10-13H,1-2,5-7,9,14-21H2,(H,28,29). The van der Waals surface area contributed by atoms with Crippen LogP contribution in [0, 0.1) is 0 Å². The van der Waals surface area contributed by atoms with Crippen LogP contribution < -0.4 is 0 Å². The first-order valence-corrected chi connectivity index (χ1v) is 11.4. The number of aliphatic carboxylic acids is 1. The van der Waals surface area contributed by atoms with Gasteiger partial charge in [0.15, 0.2) is 0 Å². The van der Waals surface area contributed by atoms with Gasteiger partial charge in [0.25, 0.3) is 0 Å². The van der Waals surface area contributed by atoms with Crippen molar-refractivity contribution >= 4 is 16.7 Å². The van der Waals surface area contributed by atoms with Crippen LogP contribution in [0.2, 0.25) is 0 Å². The summed E-state index contributed by atoms with van der Waals surface area (Å²) in [6.45, 7) is 7.04. The number of carboxylic acid groups (broad SMARTS) is 1. The minimum Gasteiger partial charge on any atom is -0.481 e. The number of hydrogen-bond donors (Lipinski definition) is 1. The molecule has 158 valence electrons. The summed E-state index contributed by atoms with van der Waals surface area (Å²) in [4.78, 5) is 15.9. The molecule has 29 heavy (non-hydrogen) atoms. The molecule has 0 spiro atoms. The van der Waals surface area contributed by atoms with E-state index < -0.39 is 5.97 Å². The van der Waals surface area contributed by atoms with Gasteiger partial charge in [0.05, 0.1) is 0 Å².